The van der Waals surface area contributed by atoms with Gasteiger partial charge in [0.25, 0.3) is 0 Å². The lowest BCUT2D eigenvalue weighted by molar-refractivity contribution is 0.402. The molecule has 0 unspecified atom stereocenters. The molecule has 0 aromatic heterocycles. The fraction of sp³-hybridized carbons (Fsp3) is 0.297. The predicted molar refractivity (Wildman–Crippen MR) is 202 cm³/mol. The summed E-state index contributed by atoms with van der Waals surface area (Å²) < 4.78 is 0. The SMILES string of the molecule is CN(C)CCC=C1c2ccccc2Sc2ccc(Cl)cc21.CN(C)CCCN1c2ccccc2CCc2ccc(Cl)cc21.Cl.Cl. The van der Waals surface area contributed by atoms with Gasteiger partial charge in [-0.15, -0.1) is 24.8 Å². The molecule has 0 bridgehead atoms. The van der Waals surface area contributed by atoms with E-state index in [2.05, 4.69) is 122 Å². The van der Waals surface area contributed by atoms with Crippen LogP contribution in [0.4, 0.5) is 11.4 Å². The van der Waals surface area contributed by atoms with Gasteiger partial charge in [-0.1, -0.05) is 83.5 Å². The highest BCUT2D eigenvalue weighted by atomic mass is 35.5. The minimum Gasteiger partial charge on any atom is -0.341 e. The normalized spacial score (nSPS) is 13.8. The van der Waals surface area contributed by atoms with E-state index in [1.165, 1.54) is 49.0 Å². The molecule has 2 aliphatic rings. The Morgan fingerprint density at radius 1 is 0.689 bits per heavy atom. The summed E-state index contributed by atoms with van der Waals surface area (Å²) >= 11 is 14.3. The number of rotatable bonds is 7. The quantitative estimate of drug-likeness (QED) is 0.167. The summed E-state index contributed by atoms with van der Waals surface area (Å²) in [5, 5.41) is 1.61. The van der Waals surface area contributed by atoms with Gasteiger partial charge < -0.3 is 14.7 Å². The molecule has 0 saturated heterocycles. The zero-order valence-electron chi connectivity index (χ0n) is 26.4. The molecule has 4 aromatic rings. The van der Waals surface area contributed by atoms with Crippen LogP contribution >= 0.6 is 59.8 Å². The van der Waals surface area contributed by atoms with Crippen LogP contribution in [-0.2, 0) is 12.8 Å². The molecule has 0 saturated carbocycles. The Labute approximate surface area is 296 Å². The van der Waals surface area contributed by atoms with Crippen LogP contribution in [0.5, 0.6) is 0 Å². The molecule has 8 heteroatoms. The Hall–Kier alpha value is -2.15. The van der Waals surface area contributed by atoms with Gasteiger partial charge in [-0.05, 0) is 131 Å². The molecule has 45 heavy (non-hydrogen) atoms. The first-order valence-electron chi connectivity index (χ1n) is 15.0. The van der Waals surface area contributed by atoms with E-state index in [0.717, 1.165) is 55.4 Å². The largest absolute Gasteiger partial charge is 0.341 e. The minimum atomic E-state index is 0. The highest BCUT2D eigenvalue weighted by molar-refractivity contribution is 7.99. The molecule has 240 valence electrons. The molecular formula is C37H43Cl4N3S. The number of aryl methyl sites for hydroxylation is 2. The second-order valence-corrected chi connectivity index (χ2v) is 13.6. The topological polar surface area (TPSA) is 9.72 Å². The average Bonchev–Trinajstić information content (AvgIpc) is 3.14. The Balaban J connectivity index is 0.000000235. The summed E-state index contributed by atoms with van der Waals surface area (Å²) in [5.74, 6) is 0. The number of anilines is 2. The maximum atomic E-state index is 6.27. The molecule has 4 aromatic carbocycles. The maximum Gasteiger partial charge on any atom is 0.0458 e. The van der Waals surface area contributed by atoms with E-state index in [0.29, 0.717) is 0 Å². The third kappa shape index (κ3) is 9.68. The summed E-state index contributed by atoms with van der Waals surface area (Å²) in [6, 6.07) is 29.9. The van der Waals surface area contributed by atoms with Gasteiger partial charge in [0, 0.05) is 44.3 Å². The lowest BCUT2D eigenvalue weighted by Gasteiger charge is -2.27. The smallest absolute Gasteiger partial charge is 0.0458 e. The number of nitrogens with zero attached hydrogens (tertiary/aromatic N) is 3. The van der Waals surface area contributed by atoms with Crippen molar-refractivity contribution >= 4 is 76.7 Å². The van der Waals surface area contributed by atoms with Gasteiger partial charge in [-0.3, -0.25) is 0 Å². The standard InChI is InChI=1S/C19H23ClN2.C18H18ClNS.2ClH/c1-21(2)12-5-13-22-18-7-4-3-6-15(18)8-9-16-10-11-17(20)14-19(16)22;1-20(2)11-5-7-14-15-6-3-4-8-17(15)21-18-10-9-13(19)12-16(14)18;;/h3-4,6-7,10-11,14H,5,8-9,12-13H2,1-2H3;3-4,6-10,12H,5,11H2,1-2H3;2*1H. The second-order valence-electron chi connectivity index (χ2n) is 11.7. The zero-order valence-corrected chi connectivity index (χ0v) is 30.4. The first-order chi connectivity index (χ1) is 20.8. The molecule has 6 rings (SSSR count). The van der Waals surface area contributed by atoms with Crippen LogP contribution in [0.3, 0.4) is 0 Å². The molecule has 0 spiro atoms. The lowest BCUT2D eigenvalue weighted by atomic mass is 9.96. The summed E-state index contributed by atoms with van der Waals surface area (Å²) in [6.07, 6.45) is 6.68. The van der Waals surface area contributed by atoms with Gasteiger partial charge in [0.05, 0.1) is 0 Å². The van der Waals surface area contributed by atoms with E-state index >= 15 is 0 Å². The molecule has 2 heterocycles. The van der Waals surface area contributed by atoms with Crippen LogP contribution in [-0.4, -0.2) is 57.6 Å². The van der Waals surface area contributed by atoms with Crippen molar-refractivity contribution in [2.24, 2.45) is 0 Å². The van der Waals surface area contributed by atoms with E-state index in [1.807, 2.05) is 23.9 Å². The first kappa shape index (κ1) is 37.3. The number of para-hydroxylation sites is 1. The van der Waals surface area contributed by atoms with Crippen LogP contribution in [0, 0.1) is 0 Å². The van der Waals surface area contributed by atoms with Gasteiger partial charge in [-0.25, -0.2) is 0 Å². The van der Waals surface area contributed by atoms with E-state index in [-0.39, 0.29) is 24.8 Å². The number of benzene rings is 4. The van der Waals surface area contributed by atoms with Crippen molar-refractivity contribution in [2.45, 2.75) is 35.5 Å². The van der Waals surface area contributed by atoms with Crippen molar-refractivity contribution in [3.05, 3.63) is 123 Å². The summed E-state index contributed by atoms with van der Waals surface area (Å²) in [5.41, 5.74) is 9.31. The van der Waals surface area contributed by atoms with Crippen molar-refractivity contribution in [3.8, 4) is 0 Å². The molecule has 0 atom stereocenters. The molecular weight excluding hydrogens is 660 g/mol. The average molecular weight is 704 g/mol. The van der Waals surface area contributed by atoms with E-state index in [1.54, 1.807) is 0 Å². The minimum absolute atomic E-state index is 0. The van der Waals surface area contributed by atoms with E-state index < -0.39 is 0 Å². The summed E-state index contributed by atoms with van der Waals surface area (Å²) in [6.45, 7) is 3.16. The molecule has 0 aliphatic carbocycles. The van der Waals surface area contributed by atoms with E-state index in [9.17, 15) is 0 Å². The second kappa shape index (κ2) is 17.7. The maximum absolute atomic E-state index is 6.27. The van der Waals surface area contributed by atoms with Gasteiger partial charge in [0.2, 0.25) is 0 Å². The Morgan fingerprint density at radius 2 is 1.31 bits per heavy atom. The molecule has 0 fully saturated rings. The van der Waals surface area contributed by atoms with Crippen molar-refractivity contribution in [3.63, 3.8) is 0 Å². The molecule has 2 aliphatic heterocycles. The van der Waals surface area contributed by atoms with Crippen molar-refractivity contribution < 1.29 is 0 Å². The molecule has 0 radical (unpaired) electrons. The fourth-order valence-electron chi connectivity index (χ4n) is 5.70. The highest BCUT2D eigenvalue weighted by Crippen LogP contribution is 2.46. The van der Waals surface area contributed by atoms with Crippen LogP contribution in [0.25, 0.3) is 5.57 Å². The van der Waals surface area contributed by atoms with Gasteiger partial charge >= 0.3 is 0 Å². The highest BCUT2D eigenvalue weighted by Gasteiger charge is 2.21. The van der Waals surface area contributed by atoms with Crippen LogP contribution in [0.1, 0.15) is 35.1 Å². The Morgan fingerprint density at radius 3 is 2.07 bits per heavy atom. The van der Waals surface area contributed by atoms with Crippen molar-refractivity contribution in [1.29, 1.82) is 0 Å². The first-order valence-corrected chi connectivity index (χ1v) is 16.6. The number of hydrogen-bond acceptors (Lipinski definition) is 4. The predicted octanol–water partition coefficient (Wildman–Crippen LogP) is 10.6. The van der Waals surface area contributed by atoms with Crippen LogP contribution in [0.2, 0.25) is 10.0 Å². The molecule has 3 nitrogen and oxygen atoms in total. The fourth-order valence-corrected chi connectivity index (χ4v) is 7.13. The Kier molecular flexibility index (Phi) is 14.7. The Bertz CT molecular complexity index is 1590. The van der Waals surface area contributed by atoms with Crippen LogP contribution < -0.4 is 4.90 Å². The van der Waals surface area contributed by atoms with Crippen molar-refractivity contribution in [1.82, 2.24) is 9.80 Å². The van der Waals surface area contributed by atoms with Crippen molar-refractivity contribution in [2.75, 3.05) is 52.7 Å². The third-order valence-electron chi connectivity index (χ3n) is 7.82. The van der Waals surface area contributed by atoms with E-state index in [4.69, 9.17) is 23.2 Å². The summed E-state index contributed by atoms with van der Waals surface area (Å²) in [7, 11) is 8.46. The number of hydrogen-bond donors (Lipinski definition) is 0. The number of halogens is 4. The molecule has 0 amide bonds. The monoisotopic (exact) mass is 701 g/mol. The zero-order chi connectivity index (χ0) is 30.3. The summed E-state index contributed by atoms with van der Waals surface area (Å²) in [4.78, 5) is 9.51. The van der Waals surface area contributed by atoms with Gasteiger partial charge in [-0.2, -0.15) is 0 Å². The molecule has 0 N–H and O–H groups in total. The third-order valence-corrected chi connectivity index (χ3v) is 9.45. The van der Waals surface area contributed by atoms with Gasteiger partial charge in [0.1, 0.15) is 0 Å². The van der Waals surface area contributed by atoms with Gasteiger partial charge in [0.15, 0.2) is 0 Å². The number of fused-ring (bicyclic) bond motifs is 4. The van der Waals surface area contributed by atoms with Crippen LogP contribution in [0.15, 0.2) is 101 Å². The lowest BCUT2D eigenvalue weighted by Crippen LogP contribution is -2.24.